The maximum Gasteiger partial charge on any atom is 0.105 e. The SMILES string of the molecule is CCCCCNc1ccc(C(N)=S)c(Cl)c1. The predicted molar refractivity (Wildman–Crippen MR) is 75.4 cm³/mol. The first-order chi connectivity index (χ1) is 7.65. The lowest BCUT2D eigenvalue weighted by molar-refractivity contribution is 0.744. The average molecular weight is 257 g/mol. The molecule has 0 atom stereocenters. The van der Waals surface area contributed by atoms with E-state index in [1.807, 2.05) is 18.2 Å². The number of hydrogen-bond acceptors (Lipinski definition) is 2. The van der Waals surface area contributed by atoms with Gasteiger partial charge in [-0.2, -0.15) is 0 Å². The van der Waals surface area contributed by atoms with Crippen LogP contribution in [0.1, 0.15) is 31.7 Å². The molecule has 88 valence electrons. The molecule has 1 rings (SSSR count). The van der Waals surface area contributed by atoms with Crippen LogP contribution in [0.25, 0.3) is 0 Å². The van der Waals surface area contributed by atoms with Crippen molar-refractivity contribution in [2.75, 3.05) is 11.9 Å². The van der Waals surface area contributed by atoms with Crippen LogP contribution in [0.2, 0.25) is 5.02 Å². The molecule has 0 aromatic heterocycles. The molecule has 16 heavy (non-hydrogen) atoms. The van der Waals surface area contributed by atoms with Crippen molar-refractivity contribution in [3.05, 3.63) is 28.8 Å². The van der Waals surface area contributed by atoms with Crippen molar-refractivity contribution in [3.8, 4) is 0 Å². The maximum absolute atomic E-state index is 6.06. The molecule has 0 bridgehead atoms. The highest BCUT2D eigenvalue weighted by Gasteiger charge is 2.03. The van der Waals surface area contributed by atoms with Gasteiger partial charge in [-0.15, -0.1) is 0 Å². The minimum Gasteiger partial charge on any atom is -0.389 e. The van der Waals surface area contributed by atoms with Crippen molar-refractivity contribution >= 4 is 34.5 Å². The third-order valence-electron chi connectivity index (χ3n) is 2.34. The zero-order valence-electron chi connectivity index (χ0n) is 9.42. The molecule has 0 unspecified atom stereocenters. The lowest BCUT2D eigenvalue weighted by Crippen LogP contribution is -2.10. The minimum absolute atomic E-state index is 0.336. The summed E-state index contributed by atoms with van der Waals surface area (Å²) in [6, 6.07) is 5.67. The Bertz CT molecular complexity index is 366. The van der Waals surface area contributed by atoms with Gasteiger partial charge < -0.3 is 11.1 Å². The van der Waals surface area contributed by atoms with Crippen LogP contribution in [0.5, 0.6) is 0 Å². The Morgan fingerprint density at radius 1 is 1.44 bits per heavy atom. The zero-order chi connectivity index (χ0) is 12.0. The topological polar surface area (TPSA) is 38.0 Å². The molecule has 0 saturated carbocycles. The average Bonchev–Trinajstić information content (AvgIpc) is 2.24. The van der Waals surface area contributed by atoms with E-state index >= 15 is 0 Å². The Labute approximate surface area is 107 Å². The van der Waals surface area contributed by atoms with E-state index < -0.39 is 0 Å². The smallest absolute Gasteiger partial charge is 0.105 e. The Balaban J connectivity index is 2.56. The zero-order valence-corrected chi connectivity index (χ0v) is 11.0. The van der Waals surface area contributed by atoms with Crippen LogP contribution in [0.3, 0.4) is 0 Å². The lowest BCUT2D eigenvalue weighted by Gasteiger charge is -2.08. The number of rotatable bonds is 6. The summed E-state index contributed by atoms with van der Waals surface area (Å²) in [5.74, 6) is 0. The van der Waals surface area contributed by atoms with Crippen LogP contribution >= 0.6 is 23.8 Å². The van der Waals surface area contributed by atoms with Gasteiger partial charge >= 0.3 is 0 Å². The number of benzene rings is 1. The van der Waals surface area contributed by atoms with Crippen molar-refractivity contribution in [2.24, 2.45) is 5.73 Å². The van der Waals surface area contributed by atoms with E-state index in [2.05, 4.69) is 12.2 Å². The normalized spacial score (nSPS) is 10.1. The lowest BCUT2D eigenvalue weighted by atomic mass is 10.2. The van der Waals surface area contributed by atoms with Gasteiger partial charge in [0.2, 0.25) is 0 Å². The number of thiocarbonyl (C=S) groups is 1. The monoisotopic (exact) mass is 256 g/mol. The van der Waals surface area contributed by atoms with Gasteiger partial charge in [0, 0.05) is 17.8 Å². The third kappa shape index (κ3) is 3.99. The highest BCUT2D eigenvalue weighted by Crippen LogP contribution is 2.20. The van der Waals surface area contributed by atoms with E-state index in [0.29, 0.717) is 10.0 Å². The summed E-state index contributed by atoms with van der Waals surface area (Å²) < 4.78 is 0. The molecule has 0 spiro atoms. The van der Waals surface area contributed by atoms with Gasteiger partial charge in [0.05, 0.1) is 5.02 Å². The van der Waals surface area contributed by atoms with Gasteiger partial charge in [-0.05, 0) is 24.6 Å². The van der Waals surface area contributed by atoms with Crippen LogP contribution < -0.4 is 11.1 Å². The minimum atomic E-state index is 0.336. The van der Waals surface area contributed by atoms with Crippen LogP contribution in [0.15, 0.2) is 18.2 Å². The molecule has 0 amide bonds. The fourth-order valence-corrected chi connectivity index (χ4v) is 1.95. The van der Waals surface area contributed by atoms with Crippen LogP contribution in [0, 0.1) is 0 Å². The first-order valence-electron chi connectivity index (χ1n) is 5.48. The van der Waals surface area contributed by atoms with Gasteiger partial charge in [-0.1, -0.05) is 43.6 Å². The van der Waals surface area contributed by atoms with Crippen molar-refractivity contribution in [1.82, 2.24) is 0 Å². The van der Waals surface area contributed by atoms with Crippen LogP contribution in [-0.2, 0) is 0 Å². The molecule has 0 heterocycles. The summed E-state index contributed by atoms with van der Waals surface area (Å²) in [5.41, 5.74) is 7.28. The summed E-state index contributed by atoms with van der Waals surface area (Å²) in [4.78, 5) is 0.336. The first kappa shape index (κ1) is 13.3. The van der Waals surface area contributed by atoms with Gasteiger partial charge in [0.1, 0.15) is 4.99 Å². The number of halogens is 1. The van der Waals surface area contributed by atoms with Crippen molar-refractivity contribution in [1.29, 1.82) is 0 Å². The molecule has 3 N–H and O–H groups in total. The molecule has 0 radical (unpaired) electrons. The van der Waals surface area contributed by atoms with Crippen LogP contribution in [-0.4, -0.2) is 11.5 Å². The molecular weight excluding hydrogens is 240 g/mol. The molecule has 0 fully saturated rings. The Kier molecular flexibility index (Phi) is 5.56. The van der Waals surface area contributed by atoms with E-state index in [9.17, 15) is 0 Å². The number of nitrogens with two attached hydrogens (primary N) is 1. The maximum atomic E-state index is 6.06. The second-order valence-corrected chi connectivity index (χ2v) is 4.54. The number of hydrogen-bond donors (Lipinski definition) is 2. The summed E-state index contributed by atoms with van der Waals surface area (Å²) in [7, 11) is 0. The van der Waals surface area contributed by atoms with E-state index in [1.54, 1.807) is 0 Å². The molecule has 0 aliphatic rings. The molecule has 1 aromatic carbocycles. The fraction of sp³-hybridized carbons (Fsp3) is 0.417. The van der Waals surface area contributed by atoms with E-state index in [0.717, 1.165) is 17.8 Å². The number of anilines is 1. The summed E-state index contributed by atoms with van der Waals surface area (Å²) in [5, 5.41) is 3.92. The number of nitrogens with one attached hydrogen (secondary N) is 1. The van der Waals surface area contributed by atoms with E-state index in [1.165, 1.54) is 19.3 Å². The van der Waals surface area contributed by atoms with Crippen molar-refractivity contribution < 1.29 is 0 Å². The van der Waals surface area contributed by atoms with Gasteiger partial charge in [0.15, 0.2) is 0 Å². The fourth-order valence-electron chi connectivity index (χ4n) is 1.43. The van der Waals surface area contributed by atoms with Crippen LogP contribution in [0.4, 0.5) is 5.69 Å². The largest absolute Gasteiger partial charge is 0.389 e. The van der Waals surface area contributed by atoms with Gasteiger partial charge in [-0.3, -0.25) is 0 Å². The quantitative estimate of drug-likeness (QED) is 0.604. The number of unbranched alkanes of at least 4 members (excludes halogenated alkanes) is 2. The summed E-state index contributed by atoms with van der Waals surface area (Å²) >= 11 is 10.9. The molecule has 4 heteroatoms. The molecular formula is C12H17ClN2S. The molecule has 1 aromatic rings. The highest BCUT2D eigenvalue weighted by atomic mass is 35.5. The van der Waals surface area contributed by atoms with Gasteiger partial charge in [0.25, 0.3) is 0 Å². The Morgan fingerprint density at radius 3 is 2.75 bits per heavy atom. The van der Waals surface area contributed by atoms with Gasteiger partial charge in [-0.25, -0.2) is 0 Å². The second kappa shape index (κ2) is 6.71. The summed E-state index contributed by atoms with van der Waals surface area (Å²) in [6.07, 6.45) is 3.64. The first-order valence-corrected chi connectivity index (χ1v) is 6.27. The van der Waals surface area contributed by atoms with E-state index in [-0.39, 0.29) is 0 Å². The molecule has 0 aliphatic carbocycles. The predicted octanol–water partition coefficient (Wildman–Crippen LogP) is 3.58. The summed E-state index contributed by atoms with van der Waals surface area (Å²) in [6.45, 7) is 3.16. The molecule has 0 saturated heterocycles. The Hall–Kier alpha value is -0.800. The van der Waals surface area contributed by atoms with Crippen molar-refractivity contribution in [2.45, 2.75) is 26.2 Å². The Morgan fingerprint density at radius 2 is 2.19 bits per heavy atom. The molecule has 0 aliphatic heterocycles. The standard InChI is InChI=1S/C12H17ClN2S/c1-2-3-4-7-15-9-5-6-10(12(14)16)11(13)8-9/h5-6,8,15H,2-4,7H2,1H3,(H2,14,16). The van der Waals surface area contributed by atoms with Crippen molar-refractivity contribution in [3.63, 3.8) is 0 Å². The highest BCUT2D eigenvalue weighted by molar-refractivity contribution is 7.80. The second-order valence-electron chi connectivity index (χ2n) is 3.69. The van der Waals surface area contributed by atoms with E-state index in [4.69, 9.17) is 29.6 Å². The molecule has 2 nitrogen and oxygen atoms in total. The third-order valence-corrected chi connectivity index (χ3v) is 2.88.